The third kappa shape index (κ3) is 4.23. The Morgan fingerprint density at radius 1 is 1.46 bits per heavy atom. The molecular weight excluding hydrogens is 388 g/mol. The van der Waals surface area contributed by atoms with E-state index >= 15 is 0 Å². The molecule has 0 aromatic carbocycles. The van der Waals surface area contributed by atoms with Gasteiger partial charge in [-0.25, -0.2) is 19.7 Å². The summed E-state index contributed by atoms with van der Waals surface area (Å²) < 4.78 is 5.54. The lowest BCUT2D eigenvalue weighted by atomic mass is 10.0. The molecule has 3 rings (SSSR count). The number of piperidine rings is 1. The molecule has 2 aromatic heterocycles. The van der Waals surface area contributed by atoms with E-state index in [1.807, 2.05) is 11.8 Å². The largest absolute Gasteiger partial charge is 0.477 e. The first-order chi connectivity index (χ1) is 13.4. The summed E-state index contributed by atoms with van der Waals surface area (Å²) in [6.07, 6.45) is 2.30. The summed E-state index contributed by atoms with van der Waals surface area (Å²) in [5.74, 6) is -0.988. The molecule has 0 bridgehead atoms. The second-order valence-corrected chi connectivity index (χ2v) is 6.70. The number of H-pyrrole nitrogens is 1. The molecule has 0 saturated carbocycles. The number of nitrogens with zero attached hydrogens (tertiary/aromatic N) is 4. The number of rotatable bonds is 6. The molecular formula is C17H21ClN6O4. The van der Waals surface area contributed by atoms with E-state index in [1.54, 1.807) is 7.11 Å². The van der Waals surface area contributed by atoms with Crippen molar-refractivity contribution in [2.45, 2.75) is 31.9 Å². The smallest absolute Gasteiger partial charge is 0.354 e. The van der Waals surface area contributed by atoms with Crippen molar-refractivity contribution < 1.29 is 19.4 Å². The van der Waals surface area contributed by atoms with Crippen molar-refractivity contribution in [3.8, 4) is 0 Å². The first-order valence-electron chi connectivity index (χ1n) is 8.82. The highest BCUT2D eigenvalue weighted by Gasteiger charge is 2.32. The van der Waals surface area contributed by atoms with Gasteiger partial charge in [0.15, 0.2) is 16.7 Å². The van der Waals surface area contributed by atoms with Crippen LogP contribution < -0.4 is 10.2 Å². The van der Waals surface area contributed by atoms with Crippen LogP contribution in [0.4, 0.5) is 5.95 Å². The summed E-state index contributed by atoms with van der Waals surface area (Å²) >= 11 is 6.00. The second-order valence-electron chi connectivity index (χ2n) is 6.34. The Morgan fingerprint density at radius 3 is 2.89 bits per heavy atom. The molecule has 1 aliphatic heterocycles. The minimum atomic E-state index is -1.11. The van der Waals surface area contributed by atoms with Gasteiger partial charge in [0.2, 0.25) is 5.95 Å². The van der Waals surface area contributed by atoms with Gasteiger partial charge < -0.3 is 25.0 Å². The van der Waals surface area contributed by atoms with E-state index in [-0.39, 0.29) is 29.6 Å². The molecule has 11 heteroatoms. The maximum Gasteiger partial charge on any atom is 0.354 e. The highest BCUT2D eigenvalue weighted by molar-refractivity contribution is 6.30. The van der Waals surface area contributed by atoms with E-state index in [0.29, 0.717) is 42.7 Å². The van der Waals surface area contributed by atoms with Gasteiger partial charge >= 0.3 is 5.97 Å². The summed E-state index contributed by atoms with van der Waals surface area (Å²) in [7, 11) is 1.56. The molecule has 0 spiro atoms. The first kappa shape index (κ1) is 20.0. The lowest BCUT2D eigenvalue weighted by Gasteiger charge is -2.37. The number of nitrogens with one attached hydrogen (secondary N) is 2. The molecule has 150 valence electrons. The van der Waals surface area contributed by atoms with Crippen LogP contribution in [0.5, 0.6) is 0 Å². The van der Waals surface area contributed by atoms with Gasteiger partial charge in [-0.3, -0.25) is 4.79 Å². The van der Waals surface area contributed by atoms with E-state index < -0.39 is 5.97 Å². The number of amides is 1. The number of halogens is 1. The fraction of sp³-hybridized carbons (Fsp3) is 0.471. The van der Waals surface area contributed by atoms with Gasteiger partial charge in [-0.05, 0) is 18.9 Å². The summed E-state index contributed by atoms with van der Waals surface area (Å²) in [6.45, 7) is 2.86. The van der Waals surface area contributed by atoms with Crippen LogP contribution in [0.3, 0.4) is 0 Å². The molecule has 1 amide bonds. The van der Waals surface area contributed by atoms with Gasteiger partial charge in [0.1, 0.15) is 0 Å². The quantitative estimate of drug-likeness (QED) is 0.647. The summed E-state index contributed by atoms with van der Waals surface area (Å²) in [5.41, 5.74) is 0.635. The third-order valence-electron chi connectivity index (χ3n) is 4.62. The Morgan fingerprint density at radius 2 is 2.25 bits per heavy atom. The number of hydrogen-bond acceptors (Lipinski definition) is 7. The summed E-state index contributed by atoms with van der Waals surface area (Å²) in [5, 5.41) is 12.3. The van der Waals surface area contributed by atoms with Gasteiger partial charge in [-0.2, -0.15) is 0 Å². The van der Waals surface area contributed by atoms with Crippen molar-refractivity contribution in [1.29, 1.82) is 0 Å². The molecule has 10 nitrogen and oxygen atoms in total. The zero-order valence-corrected chi connectivity index (χ0v) is 16.2. The number of carboxylic acid groups (broad SMARTS) is 1. The van der Waals surface area contributed by atoms with E-state index in [1.165, 1.54) is 12.3 Å². The number of carbonyl (C=O) groups excluding carboxylic acids is 1. The summed E-state index contributed by atoms with van der Waals surface area (Å²) in [6, 6.07) is 1.09. The van der Waals surface area contributed by atoms with Crippen LogP contribution in [0.15, 0.2) is 12.3 Å². The monoisotopic (exact) mass is 408 g/mol. The molecule has 0 unspecified atom stereocenters. The fourth-order valence-electron chi connectivity index (χ4n) is 3.09. The van der Waals surface area contributed by atoms with Crippen LogP contribution in [0, 0.1) is 0 Å². The number of aromatic carboxylic acids is 1. The standard InChI is InChI=1S/C17H21ClN6O4/c1-3-9-13(18)23-14(20-9)15(25)21-10-5-7-24(8-12(10)28-2)17-19-6-4-11(22-17)16(26)27/h4,6,10,12H,3,5,7-8H2,1-2H3,(H,20,23)(H,21,25)(H,26,27)/t10-,12+/m0/s1. The minimum absolute atomic E-state index is 0.0733. The average Bonchev–Trinajstić information content (AvgIpc) is 3.09. The van der Waals surface area contributed by atoms with Crippen molar-refractivity contribution >= 4 is 29.4 Å². The molecule has 2 atom stereocenters. The van der Waals surface area contributed by atoms with Crippen molar-refractivity contribution in [2.75, 3.05) is 25.1 Å². The number of methoxy groups -OCH3 is 1. The van der Waals surface area contributed by atoms with Crippen LogP contribution in [0.2, 0.25) is 5.15 Å². The van der Waals surface area contributed by atoms with E-state index in [0.717, 1.165) is 0 Å². The number of hydrogen-bond donors (Lipinski definition) is 3. The zero-order chi connectivity index (χ0) is 20.3. The van der Waals surface area contributed by atoms with Gasteiger partial charge in [-0.15, -0.1) is 0 Å². The van der Waals surface area contributed by atoms with Crippen molar-refractivity contribution in [3.63, 3.8) is 0 Å². The molecule has 0 radical (unpaired) electrons. The Bertz CT molecular complexity index is 873. The molecule has 1 saturated heterocycles. The van der Waals surface area contributed by atoms with Gasteiger partial charge in [0, 0.05) is 26.4 Å². The molecule has 1 aliphatic rings. The molecule has 0 aliphatic carbocycles. The maximum absolute atomic E-state index is 12.5. The highest BCUT2D eigenvalue weighted by atomic mass is 35.5. The lowest BCUT2D eigenvalue weighted by molar-refractivity contribution is 0.0534. The third-order valence-corrected chi connectivity index (χ3v) is 4.93. The minimum Gasteiger partial charge on any atom is -0.477 e. The van der Waals surface area contributed by atoms with Crippen molar-refractivity contribution in [3.05, 3.63) is 34.6 Å². The molecule has 2 aromatic rings. The lowest BCUT2D eigenvalue weighted by Crippen LogP contribution is -2.55. The predicted molar refractivity (Wildman–Crippen MR) is 101 cm³/mol. The van der Waals surface area contributed by atoms with E-state index in [9.17, 15) is 9.59 Å². The molecule has 3 heterocycles. The van der Waals surface area contributed by atoms with E-state index in [2.05, 4.69) is 25.3 Å². The first-order valence-corrected chi connectivity index (χ1v) is 9.20. The Balaban J connectivity index is 1.68. The molecule has 28 heavy (non-hydrogen) atoms. The number of carbonyl (C=O) groups is 2. The number of ether oxygens (including phenoxy) is 1. The topological polar surface area (TPSA) is 133 Å². The fourth-order valence-corrected chi connectivity index (χ4v) is 3.35. The van der Waals surface area contributed by atoms with Crippen molar-refractivity contribution in [2.24, 2.45) is 0 Å². The average molecular weight is 409 g/mol. The van der Waals surface area contributed by atoms with Crippen molar-refractivity contribution in [1.82, 2.24) is 25.3 Å². The van der Waals surface area contributed by atoms with Gasteiger partial charge in [0.05, 0.1) is 17.8 Å². The van der Waals surface area contributed by atoms with Crippen LogP contribution >= 0.6 is 11.6 Å². The van der Waals surface area contributed by atoms with Crippen LogP contribution in [-0.2, 0) is 11.2 Å². The Labute approximate surface area is 166 Å². The maximum atomic E-state index is 12.5. The highest BCUT2D eigenvalue weighted by Crippen LogP contribution is 2.19. The SMILES string of the molecule is CCc1[nH]c(C(=O)N[C@H]2CCN(c3nccc(C(=O)O)n3)C[C@H]2OC)nc1Cl. The Hall–Kier alpha value is -2.72. The van der Waals surface area contributed by atoms with Crippen LogP contribution in [0.1, 0.15) is 40.1 Å². The second kappa shape index (κ2) is 8.53. The predicted octanol–water partition coefficient (Wildman–Crippen LogP) is 1.14. The number of aromatic nitrogens is 4. The number of imidazole rings is 1. The van der Waals surface area contributed by atoms with E-state index in [4.69, 9.17) is 21.4 Å². The number of carboxylic acids is 1. The van der Waals surface area contributed by atoms with Crippen LogP contribution in [-0.4, -0.2) is 69.3 Å². The van der Waals surface area contributed by atoms with Gasteiger partial charge in [0.25, 0.3) is 5.91 Å². The molecule has 3 N–H and O–H groups in total. The Kier molecular flexibility index (Phi) is 6.10. The van der Waals surface area contributed by atoms with Crippen LogP contribution in [0.25, 0.3) is 0 Å². The normalized spacial score (nSPS) is 19.5. The zero-order valence-electron chi connectivity index (χ0n) is 15.5. The number of aromatic amines is 1. The van der Waals surface area contributed by atoms with Gasteiger partial charge in [-0.1, -0.05) is 18.5 Å². The number of aryl methyl sites for hydroxylation is 1. The number of anilines is 1. The summed E-state index contributed by atoms with van der Waals surface area (Å²) in [4.78, 5) is 40.6. The molecule has 1 fully saturated rings.